The van der Waals surface area contributed by atoms with Gasteiger partial charge >= 0.3 is 5.97 Å². The molecule has 3 N–H and O–H groups in total. The van der Waals surface area contributed by atoms with Crippen molar-refractivity contribution >= 4 is 5.97 Å². The third-order valence-electron chi connectivity index (χ3n) is 3.59. The Balaban J connectivity index is 2.02. The van der Waals surface area contributed by atoms with Crippen molar-refractivity contribution in [3.63, 3.8) is 0 Å². The molecule has 1 aliphatic carbocycles. The summed E-state index contributed by atoms with van der Waals surface area (Å²) in [7, 11) is 0. The Morgan fingerprint density at radius 1 is 1.32 bits per heavy atom. The van der Waals surface area contributed by atoms with E-state index in [0.717, 1.165) is 32.1 Å². The van der Waals surface area contributed by atoms with Crippen LogP contribution in [0.25, 0.3) is 0 Å². The molecule has 0 bridgehead atoms. The predicted octanol–water partition coefficient (Wildman–Crippen LogP) is 1.09. The molecule has 0 amide bonds. The average Bonchev–Trinajstić information content (AvgIpc) is 2.46. The van der Waals surface area contributed by atoms with Crippen LogP contribution in [0.3, 0.4) is 0 Å². The summed E-state index contributed by atoms with van der Waals surface area (Å²) in [5.41, 5.74) is 0.338. The van der Waals surface area contributed by atoms with Crippen molar-refractivity contribution in [2.45, 2.75) is 44.4 Å². The first-order valence-electron chi connectivity index (χ1n) is 6.61. The van der Waals surface area contributed by atoms with E-state index in [-0.39, 0.29) is 5.92 Å². The Labute approximate surface area is 111 Å². The molecule has 1 saturated carbocycles. The Kier molecular flexibility index (Phi) is 4.81. The molecule has 19 heavy (non-hydrogen) atoms. The number of carbonyl (C=O) groups is 1. The Morgan fingerprint density at radius 2 is 2.05 bits per heavy atom. The number of aromatic nitrogens is 2. The molecule has 2 rings (SSSR count). The number of aliphatic hydroxyl groups is 1. The monoisotopic (exact) mass is 265 g/mol. The molecule has 6 nitrogen and oxygen atoms in total. The summed E-state index contributed by atoms with van der Waals surface area (Å²) in [4.78, 5) is 19.2. The summed E-state index contributed by atoms with van der Waals surface area (Å²) >= 11 is 0. The molecule has 0 spiro atoms. The summed E-state index contributed by atoms with van der Waals surface area (Å²) in [6, 6.07) is -0.739. The minimum Gasteiger partial charge on any atom is -0.480 e. The first kappa shape index (κ1) is 13.9. The largest absolute Gasteiger partial charge is 0.480 e. The van der Waals surface area contributed by atoms with Crippen molar-refractivity contribution in [1.82, 2.24) is 15.3 Å². The van der Waals surface area contributed by atoms with Crippen molar-refractivity contribution in [3.05, 3.63) is 24.3 Å². The highest BCUT2D eigenvalue weighted by molar-refractivity contribution is 5.74. The van der Waals surface area contributed by atoms with E-state index >= 15 is 0 Å². The van der Waals surface area contributed by atoms with Crippen molar-refractivity contribution in [2.75, 3.05) is 0 Å². The molecule has 0 radical (unpaired) electrons. The lowest BCUT2D eigenvalue weighted by atomic mass is 9.84. The minimum atomic E-state index is -1.10. The van der Waals surface area contributed by atoms with Gasteiger partial charge in [0.2, 0.25) is 0 Å². The van der Waals surface area contributed by atoms with Gasteiger partial charge < -0.3 is 10.2 Å². The molecule has 0 aliphatic heterocycles. The topological polar surface area (TPSA) is 95.3 Å². The molecule has 1 aromatic heterocycles. The van der Waals surface area contributed by atoms with Crippen molar-refractivity contribution in [3.8, 4) is 0 Å². The van der Waals surface area contributed by atoms with E-state index in [2.05, 4.69) is 15.3 Å². The highest BCUT2D eigenvalue weighted by Crippen LogP contribution is 2.27. The van der Waals surface area contributed by atoms with Gasteiger partial charge in [-0.15, -0.1) is 0 Å². The minimum absolute atomic E-state index is 0.0672. The number of hydrogen-bond acceptors (Lipinski definition) is 5. The molecule has 2 atom stereocenters. The van der Waals surface area contributed by atoms with Gasteiger partial charge in [-0.2, -0.15) is 0 Å². The van der Waals surface area contributed by atoms with Gasteiger partial charge in [0.1, 0.15) is 18.0 Å². The second kappa shape index (κ2) is 6.58. The number of carboxylic acids is 1. The van der Waals surface area contributed by atoms with Crippen LogP contribution in [0.1, 0.15) is 44.0 Å². The zero-order chi connectivity index (χ0) is 13.7. The SMILES string of the molecule is O=C(O)[C@@H](NC(O)c1cnccn1)C1CCCCC1. The van der Waals surface area contributed by atoms with Crippen LogP contribution < -0.4 is 5.32 Å². The van der Waals surface area contributed by atoms with Crippen LogP contribution in [0.4, 0.5) is 0 Å². The summed E-state index contributed by atoms with van der Waals surface area (Å²) in [6.45, 7) is 0. The lowest BCUT2D eigenvalue weighted by Gasteiger charge is -2.29. The van der Waals surface area contributed by atoms with Crippen LogP contribution in [0.2, 0.25) is 0 Å². The van der Waals surface area contributed by atoms with Crippen molar-refractivity contribution < 1.29 is 15.0 Å². The first-order chi connectivity index (χ1) is 9.18. The fourth-order valence-corrected chi connectivity index (χ4v) is 2.58. The standard InChI is InChI=1S/C13H19N3O3/c17-12(10-8-14-6-7-15-10)16-11(13(18)19)9-4-2-1-3-5-9/h6-9,11-12,16-17H,1-5H2,(H,18,19)/t11-,12?/m0/s1. The smallest absolute Gasteiger partial charge is 0.321 e. The number of aliphatic carboxylic acids is 1. The van der Waals surface area contributed by atoms with Gasteiger partial charge in [-0.1, -0.05) is 19.3 Å². The molecular formula is C13H19N3O3. The summed E-state index contributed by atoms with van der Waals surface area (Å²) in [5.74, 6) is -0.854. The maximum absolute atomic E-state index is 11.4. The predicted molar refractivity (Wildman–Crippen MR) is 68.1 cm³/mol. The molecule has 1 aromatic rings. The molecule has 6 heteroatoms. The highest BCUT2D eigenvalue weighted by atomic mass is 16.4. The van der Waals surface area contributed by atoms with Crippen LogP contribution >= 0.6 is 0 Å². The van der Waals surface area contributed by atoms with E-state index in [1.165, 1.54) is 18.6 Å². The van der Waals surface area contributed by atoms with E-state index in [1.54, 1.807) is 0 Å². The van der Waals surface area contributed by atoms with Gasteiger partial charge in [-0.3, -0.25) is 20.1 Å². The number of carboxylic acid groups (broad SMARTS) is 1. The Morgan fingerprint density at radius 3 is 2.63 bits per heavy atom. The molecule has 1 unspecified atom stereocenters. The van der Waals surface area contributed by atoms with Crippen LogP contribution in [0, 0.1) is 5.92 Å². The van der Waals surface area contributed by atoms with Gasteiger partial charge in [-0.25, -0.2) is 0 Å². The van der Waals surface area contributed by atoms with Crippen molar-refractivity contribution in [1.29, 1.82) is 0 Å². The van der Waals surface area contributed by atoms with Crippen LogP contribution in [0.5, 0.6) is 0 Å². The van der Waals surface area contributed by atoms with E-state index in [4.69, 9.17) is 0 Å². The zero-order valence-electron chi connectivity index (χ0n) is 10.7. The molecule has 1 heterocycles. The maximum Gasteiger partial charge on any atom is 0.321 e. The third kappa shape index (κ3) is 3.71. The summed E-state index contributed by atoms with van der Waals surface area (Å²) in [6.07, 6.45) is 8.34. The van der Waals surface area contributed by atoms with E-state index in [1.807, 2.05) is 0 Å². The number of aliphatic hydroxyl groups excluding tert-OH is 1. The van der Waals surface area contributed by atoms with E-state index in [0.29, 0.717) is 5.69 Å². The van der Waals surface area contributed by atoms with E-state index in [9.17, 15) is 15.0 Å². The summed E-state index contributed by atoms with van der Waals surface area (Å²) < 4.78 is 0. The van der Waals surface area contributed by atoms with Gasteiger partial charge in [0.15, 0.2) is 0 Å². The molecule has 0 aromatic carbocycles. The number of nitrogens with zero attached hydrogens (tertiary/aromatic N) is 2. The van der Waals surface area contributed by atoms with Crippen LogP contribution in [-0.4, -0.2) is 32.2 Å². The first-order valence-corrected chi connectivity index (χ1v) is 6.61. The lowest BCUT2D eigenvalue weighted by Crippen LogP contribution is -2.45. The zero-order valence-corrected chi connectivity index (χ0v) is 10.7. The molecule has 1 aliphatic rings. The van der Waals surface area contributed by atoms with Gasteiger partial charge in [-0.05, 0) is 18.8 Å². The van der Waals surface area contributed by atoms with Crippen LogP contribution in [-0.2, 0) is 4.79 Å². The molecule has 104 valence electrons. The average molecular weight is 265 g/mol. The normalized spacial score (nSPS) is 19.8. The van der Waals surface area contributed by atoms with Gasteiger partial charge in [0, 0.05) is 12.4 Å². The lowest BCUT2D eigenvalue weighted by molar-refractivity contribution is -0.142. The number of rotatable bonds is 5. The number of hydrogen-bond donors (Lipinski definition) is 3. The van der Waals surface area contributed by atoms with Gasteiger partial charge in [0.05, 0.1) is 6.20 Å². The van der Waals surface area contributed by atoms with Crippen LogP contribution in [0.15, 0.2) is 18.6 Å². The van der Waals surface area contributed by atoms with E-state index < -0.39 is 18.2 Å². The summed E-state index contributed by atoms with van der Waals surface area (Å²) in [5, 5.41) is 22.1. The fraction of sp³-hybridized carbons (Fsp3) is 0.615. The Hall–Kier alpha value is -1.53. The second-order valence-corrected chi connectivity index (χ2v) is 4.91. The second-order valence-electron chi connectivity index (χ2n) is 4.91. The molecule has 0 saturated heterocycles. The molecular weight excluding hydrogens is 246 g/mol. The maximum atomic E-state index is 11.4. The quantitative estimate of drug-likeness (QED) is 0.690. The fourth-order valence-electron chi connectivity index (χ4n) is 2.58. The highest BCUT2D eigenvalue weighted by Gasteiger charge is 2.31. The van der Waals surface area contributed by atoms with Crippen molar-refractivity contribution in [2.24, 2.45) is 5.92 Å². The number of nitrogens with one attached hydrogen (secondary N) is 1. The third-order valence-corrected chi connectivity index (χ3v) is 3.59. The Bertz CT molecular complexity index is 407. The van der Waals surface area contributed by atoms with Gasteiger partial charge in [0.25, 0.3) is 0 Å². The molecule has 1 fully saturated rings.